The van der Waals surface area contributed by atoms with Crippen molar-refractivity contribution < 1.29 is 8.42 Å². The van der Waals surface area contributed by atoms with Gasteiger partial charge in [0.15, 0.2) is 0 Å². The summed E-state index contributed by atoms with van der Waals surface area (Å²) in [6.45, 7) is 3.76. The smallest absolute Gasteiger partial charge is 0.233 e. The van der Waals surface area contributed by atoms with E-state index in [9.17, 15) is 8.42 Å². The number of aryl methyl sites for hydroxylation is 1. The third-order valence-corrected chi connectivity index (χ3v) is 5.43. The number of benzene rings is 1. The fraction of sp³-hybridized carbons (Fsp3) is 0.538. The van der Waals surface area contributed by atoms with Gasteiger partial charge in [-0.05, 0) is 72.4 Å². The fourth-order valence-corrected chi connectivity index (χ4v) is 4.30. The summed E-state index contributed by atoms with van der Waals surface area (Å²) < 4.78 is 27.8. The van der Waals surface area contributed by atoms with E-state index in [0.29, 0.717) is 5.69 Å². The third-order valence-electron chi connectivity index (χ3n) is 3.30. The van der Waals surface area contributed by atoms with Gasteiger partial charge in [0, 0.05) is 4.47 Å². The molecule has 0 aromatic heterocycles. The van der Waals surface area contributed by atoms with E-state index in [1.54, 1.807) is 0 Å². The Balaban J connectivity index is 2.05. The quantitative estimate of drug-likeness (QED) is 0.880. The Morgan fingerprint density at radius 1 is 1.37 bits per heavy atom. The van der Waals surface area contributed by atoms with Gasteiger partial charge in [-0.1, -0.05) is 6.07 Å². The molecule has 4 nitrogen and oxygen atoms in total. The maximum atomic E-state index is 12.2. The van der Waals surface area contributed by atoms with Crippen molar-refractivity contribution in [2.24, 2.45) is 5.92 Å². The van der Waals surface area contributed by atoms with Crippen molar-refractivity contribution in [2.45, 2.75) is 19.8 Å². The highest BCUT2D eigenvalue weighted by Crippen LogP contribution is 2.25. The molecule has 0 spiro atoms. The van der Waals surface area contributed by atoms with Gasteiger partial charge in [-0.15, -0.1) is 0 Å². The number of rotatable bonds is 4. The zero-order valence-corrected chi connectivity index (χ0v) is 13.4. The van der Waals surface area contributed by atoms with Gasteiger partial charge in [0.05, 0.1) is 11.4 Å². The van der Waals surface area contributed by atoms with Crippen molar-refractivity contribution >= 4 is 31.6 Å². The van der Waals surface area contributed by atoms with E-state index in [4.69, 9.17) is 0 Å². The molecule has 2 rings (SSSR count). The summed E-state index contributed by atoms with van der Waals surface area (Å²) >= 11 is 3.37. The maximum absolute atomic E-state index is 12.2. The molecule has 0 bridgehead atoms. The average Bonchev–Trinajstić information content (AvgIpc) is 2.34. The Hall–Kier alpha value is -0.590. The van der Waals surface area contributed by atoms with E-state index in [1.807, 2.05) is 25.1 Å². The molecule has 0 amide bonds. The molecule has 0 atom stereocenters. The van der Waals surface area contributed by atoms with Crippen LogP contribution in [-0.2, 0) is 10.0 Å². The number of halogens is 1. The van der Waals surface area contributed by atoms with Gasteiger partial charge in [0.25, 0.3) is 0 Å². The molecule has 1 aliphatic rings. The Morgan fingerprint density at radius 2 is 2.05 bits per heavy atom. The number of sulfonamides is 1. The molecule has 0 unspecified atom stereocenters. The van der Waals surface area contributed by atoms with Crippen molar-refractivity contribution in [3.05, 3.63) is 28.2 Å². The molecule has 0 radical (unpaired) electrons. The minimum Gasteiger partial charge on any atom is -0.317 e. The molecular formula is C13H19BrN2O2S. The highest BCUT2D eigenvalue weighted by atomic mass is 79.9. The van der Waals surface area contributed by atoms with Crippen LogP contribution in [0.3, 0.4) is 0 Å². The van der Waals surface area contributed by atoms with Gasteiger partial charge >= 0.3 is 0 Å². The first kappa shape index (κ1) is 14.8. The topological polar surface area (TPSA) is 58.2 Å². The minimum atomic E-state index is -3.28. The Labute approximate surface area is 123 Å². The minimum absolute atomic E-state index is 0.203. The summed E-state index contributed by atoms with van der Waals surface area (Å²) in [7, 11) is -3.28. The van der Waals surface area contributed by atoms with E-state index in [2.05, 4.69) is 26.0 Å². The van der Waals surface area contributed by atoms with Crippen LogP contribution < -0.4 is 10.0 Å². The molecule has 0 aliphatic carbocycles. The summed E-state index contributed by atoms with van der Waals surface area (Å²) in [5.41, 5.74) is 1.65. The second-order valence-corrected chi connectivity index (χ2v) is 7.68. The standard InChI is InChI=1S/C13H19BrN2O2S/c1-10-2-3-12(14)13(8-10)16-19(17,18)9-11-4-6-15-7-5-11/h2-3,8,11,15-16H,4-7,9H2,1H3. The SMILES string of the molecule is Cc1ccc(Br)c(NS(=O)(=O)CC2CCNCC2)c1. The molecular weight excluding hydrogens is 328 g/mol. The van der Waals surface area contributed by atoms with Gasteiger partial charge in [-0.25, -0.2) is 8.42 Å². The lowest BCUT2D eigenvalue weighted by Crippen LogP contribution is -2.33. The molecule has 106 valence electrons. The van der Waals surface area contributed by atoms with Crippen LogP contribution in [0.2, 0.25) is 0 Å². The Kier molecular flexibility index (Phi) is 4.86. The second kappa shape index (κ2) is 6.24. The average molecular weight is 347 g/mol. The highest BCUT2D eigenvalue weighted by molar-refractivity contribution is 9.10. The summed E-state index contributed by atoms with van der Waals surface area (Å²) in [5.74, 6) is 0.456. The van der Waals surface area contributed by atoms with Crippen molar-refractivity contribution in [1.29, 1.82) is 0 Å². The van der Waals surface area contributed by atoms with Crippen LogP contribution in [0.15, 0.2) is 22.7 Å². The normalized spacial score (nSPS) is 17.4. The fourth-order valence-electron chi connectivity index (χ4n) is 2.29. The summed E-state index contributed by atoms with van der Waals surface area (Å²) in [4.78, 5) is 0. The van der Waals surface area contributed by atoms with Crippen molar-refractivity contribution in [3.8, 4) is 0 Å². The molecule has 1 aromatic carbocycles. The van der Waals surface area contributed by atoms with Crippen LogP contribution in [0.25, 0.3) is 0 Å². The molecule has 6 heteroatoms. The van der Waals surface area contributed by atoms with Crippen LogP contribution in [0, 0.1) is 12.8 Å². The monoisotopic (exact) mass is 346 g/mol. The van der Waals surface area contributed by atoms with Crippen LogP contribution in [-0.4, -0.2) is 27.3 Å². The zero-order chi connectivity index (χ0) is 13.9. The lowest BCUT2D eigenvalue weighted by atomic mass is 10.0. The second-order valence-electron chi connectivity index (χ2n) is 5.06. The highest BCUT2D eigenvalue weighted by Gasteiger charge is 2.21. The van der Waals surface area contributed by atoms with E-state index < -0.39 is 10.0 Å². The Bertz CT molecular complexity index is 540. The van der Waals surface area contributed by atoms with E-state index in [0.717, 1.165) is 36.0 Å². The first-order valence-electron chi connectivity index (χ1n) is 6.44. The van der Waals surface area contributed by atoms with Gasteiger partial charge in [0.2, 0.25) is 10.0 Å². The first-order chi connectivity index (χ1) is 8.96. The van der Waals surface area contributed by atoms with Crippen LogP contribution in [0.5, 0.6) is 0 Å². The van der Waals surface area contributed by atoms with Gasteiger partial charge in [0.1, 0.15) is 0 Å². The molecule has 0 saturated carbocycles. The molecule has 1 fully saturated rings. The van der Waals surface area contributed by atoms with E-state index >= 15 is 0 Å². The van der Waals surface area contributed by atoms with Crippen LogP contribution >= 0.6 is 15.9 Å². The van der Waals surface area contributed by atoms with E-state index in [1.165, 1.54) is 0 Å². The van der Waals surface area contributed by atoms with Crippen molar-refractivity contribution in [2.75, 3.05) is 23.6 Å². The molecule has 1 aromatic rings. The van der Waals surface area contributed by atoms with E-state index in [-0.39, 0.29) is 11.7 Å². The number of nitrogens with one attached hydrogen (secondary N) is 2. The van der Waals surface area contributed by atoms with Crippen LogP contribution in [0.4, 0.5) is 5.69 Å². The maximum Gasteiger partial charge on any atom is 0.233 e. The first-order valence-corrected chi connectivity index (χ1v) is 8.88. The summed E-state index contributed by atoms with van der Waals surface area (Å²) in [6.07, 6.45) is 1.85. The molecule has 19 heavy (non-hydrogen) atoms. The van der Waals surface area contributed by atoms with Gasteiger partial charge in [-0.2, -0.15) is 0 Å². The summed E-state index contributed by atoms with van der Waals surface area (Å²) in [5, 5.41) is 3.24. The number of anilines is 1. The molecule has 1 aliphatic heterocycles. The van der Waals surface area contributed by atoms with Gasteiger partial charge in [-0.3, -0.25) is 4.72 Å². The molecule has 1 heterocycles. The Morgan fingerprint density at radius 3 is 2.74 bits per heavy atom. The molecule has 1 saturated heterocycles. The largest absolute Gasteiger partial charge is 0.317 e. The lowest BCUT2D eigenvalue weighted by Gasteiger charge is -2.22. The van der Waals surface area contributed by atoms with Crippen molar-refractivity contribution in [3.63, 3.8) is 0 Å². The molecule has 2 N–H and O–H groups in total. The number of hydrogen-bond donors (Lipinski definition) is 2. The van der Waals surface area contributed by atoms with Crippen LogP contribution in [0.1, 0.15) is 18.4 Å². The summed E-state index contributed by atoms with van der Waals surface area (Å²) in [6, 6.07) is 5.64. The van der Waals surface area contributed by atoms with Gasteiger partial charge < -0.3 is 5.32 Å². The van der Waals surface area contributed by atoms with Crippen molar-refractivity contribution in [1.82, 2.24) is 5.32 Å². The predicted molar refractivity (Wildman–Crippen MR) is 81.9 cm³/mol. The predicted octanol–water partition coefficient (Wildman–Crippen LogP) is 2.50. The lowest BCUT2D eigenvalue weighted by molar-refractivity contribution is 0.402. The zero-order valence-electron chi connectivity index (χ0n) is 10.9. The number of piperidine rings is 1. The number of hydrogen-bond acceptors (Lipinski definition) is 3. The third kappa shape index (κ3) is 4.47.